The van der Waals surface area contributed by atoms with Gasteiger partial charge in [0.15, 0.2) is 0 Å². The van der Waals surface area contributed by atoms with Crippen molar-refractivity contribution in [2.24, 2.45) is 0 Å². The Morgan fingerprint density at radius 1 is 1.10 bits per heavy atom. The highest BCUT2D eigenvalue weighted by Gasteiger charge is 2.36. The molecule has 1 saturated heterocycles. The number of carbonyl (C=O) groups is 1. The van der Waals surface area contributed by atoms with Crippen LogP contribution in [-0.2, 0) is 11.0 Å². The molecule has 224 valence electrons. The van der Waals surface area contributed by atoms with Gasteiger partial charge in [0.25, 0.3) is 0 Å². The Bertz CT molecular complexity index is 1440. The summed E-state index contributed by atoms with van der Waals surface area (Å²) in [5.74, 6) is -0.450. The van der Waals surface area contributed by atoms with Crippen molar-refractivity contribution in [2.45, 2.75) is 45.5 Å². The summed E-state index contributed by atoms with van der Waals surface area (Å²) >= 11 is 0. The van der Waals surface area contributed by atoms with Crippen LogP contribution in [0.3, 0.4) is 0 Å². The van der Waals surface area contributed by atoms with Gasteiger partial charge in [0.05, 0.1) is 12.8 Å². The molecule has 1 atom stereocenters. The van der Waals surface area contributed by atoms with E-state index in [0.29, 0.717) is 23.2 Å². The molecule has 0 saturated carbocycles. The first kappa shape index (κ1) is 30.6. The third-order valence-corrected chi connectivity index (χ3v) is 6.96. The number of methoxy groups -OCH3 is 1. The van der Waals surface area contributed by atoms with E-state index >= 15 is 0 Å². The van der Waals surface area contributed by atoms with Gasteiger partial charge >= 0.3 is 6.18 Å². The Balaban J connectivity index is 1.57. The number of halogens is 3. The number of benzene rings is 2. The SMILES string of the molecule is C=CC(=O)Nc1cccc(Nc2nc(Nc3ccc(N4CCN(C(C)(C)C)[C@@H](C)C4)cc3OC)ncc2C(F)(F)F)c1. The second-order valence-corrected chi connectivity index (χ2v) is 11.0. The van der Waals surface area contributed by atoms with E-state index in [1.54, 1.807) is 24.3 Å². The number of hydrogen-bond acceptors (Lipinski definition) is 8. The number of anilines is 6. The minimum absolute atomic E-state index is 0.0555. The Morgan fingerprint density at radius 3 is 2.48 bits per heavy atom. The zero-order chi connectivity index (χ0) is 30.7. The van der Waals surface area contributed by atoms with Crippen molar-refractivity contribution >= 4 is 40.4 Å². The molecule has 1 amide bonds. The predicted molar refractivity (Wildman–Crippen MR) is 160 cm³/mol. The highest BCUT2D eigenvalue weighted by atomic mass is 19.4. The molecule has 2 aromatic carbocycles. The summed E-state index contributed by atoms with van der Waals surface area (Å²) in [7, 11) is 1.53. The van der Waals surface area contributed by atoms with Gasteiger partial charge in [-0.1, -0.05) is 12.6 Å². The number of ether oxygens (including phenoxy) is 1. The highest BCUT2D eigenvalue weighted by Crippen LogP contribution is 2.37. The van der Waals surface area contributed by atoms with Crippen molar-refractivity contribution in [1.29, 1.82) is 0 Å². The molecule has 12 heteroatoms. The smallest absolute Gasteiger partial charge is 0.421 e. The van der Waals surface area contributed by atoms with Crippen LogP contribution in [0.2, 0.25) is 0 Å². The van der Waals surface area contributed by atoms with Gasteiger partial charge in [-0.3, -0.25) is 9.69 Å². The van der Waals surface area contributed by atoms with Gasteiger partial charge < -0.3 is 25.6 Å². The van der Waals surface area contributed by atoms with Crippen LogP contribution in [0.25, 0.3) is 0 Å². The Hall–Kier alpha value is -4.32. The van der Waals surface area contributed by atoms with Crippen LogP contribution >= 0.6 is 0 Å². The largest absolute Gasteiger partial charge is 0.494 e. The van der Waals surface area contributed by atoms with Crippen LogP contribution in [0.4, 0.5) is 47.7 Å². The molecule has 9 nitrogen and oxygen atoms in total. The Kier molecular flexibility index (Phi) is 8.95. The summed E-state index contributed by atoms with van der Waals surface area (Å²) < 4.78 is 47.1. The average Bonchev–Trinajstić information content (AvgIpc) is 2.92. The van der Waals surface area contributed by atoms with E-state index < -0.39 is 23.5 Å². The molecular weight excluding hydrogens is 547 g/mol. The van der Waals surface area contributed by atoms with Crippen molar-refractivity contribution in [1.82, 2.24) is 14.9 Å². The summed E-state index contributed by atoms with van der Waals surface area (Å²) in [6.45, 7) is 14.9. The van der Waals surface area contributed by atoms with Gasteiger partial charge in [0.2, 0.25) is 11.9 Å². The molecule has 1 aromatic heterocycles. The molecule has 2 heterocycles. The molecule has 1 fully saturated rings. The van der Waals surface area contributed by atoms with Crippen molar-refractivity contribution in [2.75, 3.05) is 47.6 Å². The van der Waals surface area contributed by atoms with Gasteiger partial charge in [-0.25, -0.2) is 4.98 Å². The summed E-state index contributed by atoms with van der Waals surface area (Å²) in [6.07, 6.45) is -2.89. The molecule has 0 bridgehead atoms. The second kappa shape index (κ2) is 12.3. The van der Waals surface area contributed by atoms with E-state index in [2.05, 4.69) is 70.0 Å². The minimum Gasteiger partial charge on any atom is -0.494 e. The van der Waals surface area contributed by atoms with E-state index in [9.17, 15) is 18.0 Å². The number of amides is 1. The average molecular weight is 584 g/mol. The van der Waals surface area contributed by atoms with Crippen LogP contribution in [0.5, 0.6) is 5.75 Å². The fourth-order valence-corrected chi connectivity index (χ4v) is 5.04. The zero-order valence-electron chi connectivity index (χ0n) is 24.3. The van der Waals surface area contributed by atoms with Gasteiger partial charge in [-0.15, -0.1) is 0 Å². The van der Waals surface area contributed by atoms with E-state index in [-0.39, 0.29) is 17.2 Å². The minimum atomic E-state index is -4.71. The number of aromatic nitrogens is 2. The van der Waals surface area contributed by atoms with Gasteiger partial charge in [0.1, 0.15) is 17.1 Å². The topological polar surface area (TPSA) is 94.6 Å². The van der Waals surface area contributed by atoms with E-state index in [4.69, 9.17) is 4.74 Å². The second-order valence-electron chi connectivity index (χ2n) is 11.0. The lowest BCUT2D eigenvalue weighted by Crippen LogP contribution is -2.58. The molecule has 1 aliphatic heterocycles. The van der Waals surface area contributed by atoms with Crippen LogP contribution in [0.1, 0.15) is 33.3 Å². The fourth-order valence-electron chi connectivity index (χ4n) is 5.04. The maximum absolute atomic E-state index is 13.8. The van der Waals surface area contributed by atoms with Gasteiger partial charge in [0, 0.05) is 60.5 Å². The first-order valence-corrected chi connectivity index (χ1v) is 13.5. The van der Waals surface area contributed by atoms with E-state index in [1.807, 2.05) is 12.1 Å². The van der Waals surface area contributed by atoms with Crippen LogP contribution in [-0.4, -0.2) is 59.1 Å². The Morgan fingerprint density at radius 2 is 1.83 bits per heavy atom. The molecule has 3 N–H and O–H groups in total. The fraction of sp³-hybridized carbons (Fsp3) is 0.367. The molecule has 0 radical (unpaired) electrons. The number of nitrogens with zero attached hydrogens (tertiary/aromatic N) is 4. The summed E-state index contributed by atoms with van der Waals surface area (Å²) in [5.41, 5.74) is 1.19. The summed E-state index contributed by atoms with van der Waals surface area (Å²) in [6, 6.07) is 12.2. The first-order valence-electron chi connectivity index (χ1n) is 13.5. The van der Waals surface area contributed by atoms with E-state index in [1.165, 1.54) is 13.2 Å². The molecule has 0 unspecified atom stereocenters. The molecule has 0 aliphatic carbocycles. The monoisotopic (exact) mass is 583 g/mol. The third-order valence-electron chi connectivity index (χ3n) is 6.96. The number of nitrogens with one attached hydrogen (secondary N) is 3. The van der Waals surface area contributed by atoms with Gasteiger partial charge in [-0.05, 0) is 64.1 Å². The predicted octanol–water partition coefficient (Wildman–Crippen LogP) is 6.42. The maximum atomic E-state index is 13.8. The van der Waals surface area contributed by atoms with Crippen molar-refractivity contribution in [3.8, 4) is 5.75 Å². The summed E-state index contributed by atoms with van der Waals surface area (Å²) in [4.78, 5) is 24.5. The van der Waals surface area contributed by atoms with Crippen molar-refractivity contribution < 1.29 is 22.7 Å². The number of alkyl halides is 3. The van der Waals surface area contributed by atoms with Gasteiger partial charge in [-0.2, -0.15) is 18.2 Å². The molecule has 42 heavy (non-hydrogen) atoms. The lowest BCUT2D eigenvalue weighted by Gasteiger charge is -2.47. The molecular formula is C30H36F3N7O2. The summed E-state index contributed by atoms with van der Waals surface area (Å²) in [5, 5.41) is 8.27. The van der Waals surface area contributed by atoms with E-state index in [0.717, 1.165) is 37.6 Å². The first-order chi connectivity index (χ1) is 19.8. The maximum Gasteiger partial charge on any atom is 0.421 e. The van der Waals surface area contributed by atoms with Crippen molar-refractivity contribution in [3.63, 3.8) is 0 Å². The van der Waals surface area contributed by atoms with Crippen LogP contribution < -0.4 is 25.6 Å². The molecule has 1 aliphatic rings. The van der Waals surface area contributed by atoms with Crippen LogP contribution in [0.15, 0.2) is 61.3 Å². The quantitative estimate of drug-likeness (QED) is 0.262. The number of hydrogen-bond donors (Lipinski definition) is 3. The number of carbonyl (C=O) groups excluding carboxylic acids is 1. The highest BCUT2D eigenvalue weighted by molar-refractivity contribution is 5.99. The zero-order valence-corrected chi connectivity index (χ0v) is 24.3. The third kappa shape index (κ3) is 7.30. The van der Waals surface area contributed by atoms with Crippen LogP contribution in [0, 0.1) is 0 Å². The molecule has 3 aromatic rings. The standard InChI is InChI=1S/C30H36F3N7O2/c1-7-26(41)35-20-9-8-10-21(15-20)36-27-23(30(31,32)33)17-34-28(38-27)37-24-12-11-22(16-25(24)42-6)39-13-14-40(19(2)18-39)29(3,4)5/h7-12,15-17,19H,1,13-14,18H2,2-6H3,(H,35,41)(H2,34,36,37,38)/t19-/m0/s1. The van der Waals surface area contributed by atoms with Crippen molar-refractivity contribution in [3.05, 3.63) is 66.9 Å². The number of piperazine rings is 1. The Labute approximate surface area is 243 Å². The lowest BCUT2D eigenvalue weighted by atomic mass is 10.0. The lowest BCUT2D eigenvalue weighted by molar-refractivity contribution is -0.137. The normalized spacial score (nSPS) is 16.1. The molecule has 0 spiro atoms. The number of rotatable bonds is 8. The molecule has 4 rings (SSSR count).